The van der Waals surface area contributed by atoms with Gasteiger partial charge < -0.3 is 9.52 Å². The minimum Gasteiger partial charge on any atom is -0.466 e. The zero-order chi connectivity index (χ0) is 13.4. The van der Waals surface area contributed by atoms with Crippen LogP contribution in [0.2, 0.25) is 0 Å². The van der Waals surface area contributed by atoms with E-state index in [0.717, 1.165) is 32.9 Å². The molecule has 1 atom stereocenters. The molecule has 0 aliphatic carbocycles. The van der Waals surface area contributed by atoms with Crippen LogP contribution in [0.4, 0.5) is 0 Å². The average molecular weight is 313 g/mol. The van der Waals surface area contributed by atoms with Crippen molar-refractivity contribution in [2.75, 3.05) is 0 Å². The van der Waals surface area contributed by atoms with E-state index in [1.807, 2.05) is 33.9 Å². The largest absolute Gasteiger partial charge is 0.466 e. The summed E-state index contributed by atoms with van der Waals surface area (Å²) in [7, 11) is 1.88. The van der Waals surface area contributed by atoms with E-state index >= 15 is 0 Å². The quantitative estimate of drug-likeness (QED) is 0.948. The molecule has 0 saturated carbocycles. The van der Waals surface area contributed by atoms with Crippen molar-refractivity contribution in [3.05, 3.63) is 39.0 Å². The van der Waals surface area contributed by atoms with Crippen LogP contribution in [0, 0.1) is 20.8 Å². The first kappa shape index (κ1) is 13.4. The molecular weight excluding hydrogens is 296 g/mol. The number of aryl methyl sites for hydroxylation is 4. The van der Waals surface area contributed by atoms with E-state index in [-0.39, 0.29) is 0 Å². The van der Waals surface area contributed by atoms with Gasteiger partial charge in [-0.1, -0.05) is 0 Å². The number of rotatable bonds is 3. The third kappa shape index (κ3) is 2.37. The third-order valence-corrected chi connectivity index (χ3v) is 4.12. The molecule has 2 rings (SSSR count). The van der Waals surface area contributed by atoms with Gasteiger partial charge in [0, 0.05) is 19.0 Å². The molecule has 5 heteroatoms. The molecule has 2 aromatic heterocycles. The van der Waals surface area contributed by atoms with E-state index in [2.05, 4.69) is 21.0 Å². The van der Waals surface area contributed by atoms with Crippen LogP contribution in [-0.4, -0.2) is 14.9 Å². The van der Waals surface area contributed by atoms with Crippen LogP contribution >= 0.6 is 15.9 Å². The minimum absolute atomic E-state index is 0.512. The predicted molar refractivity (Wildman–Crippen MR) is 72.5 cm³/mol. The van der Waals surface area contributed by atoms with Gasteiger partial charge in [-0.25, -0.2) is 0 Å². The van der Waals surface area contributed by atoms with Crippen LogP contribution in [0.1, 0.15) is 34.6 Å². The number of aliphatic hydroxyl groups excluding tert-OH is 1. The van der Waals surface area contributed by atoms with E-state index in [0.29, 0.717) is 6.42 Å². The summed E-state index contributed by atoms with van der Waals surface area (Å²) < 4.78 is 8.20. The molecule has 2 heterocycles. The second-order valence-corrected chi connectivity index (χ2v) is 5.35. The third-order valence-electron chi connectivity index (χ3n) is 3.09. The molecule has 0 aromatic carbocycles. The highest BCUT2D eigenvalue weighted by Gasteiger charge is 2.19. The summed E-state index contributed by atoms with van der Waals surface area (Å²) in [6.45, 7) is 5.69. The van der Waals surface area contributed by atoms with Crippen molar-refractivity contribution >= 4 is 15.9 Å². The summed E-state index contributed by atoms with van der Waals surface area (Å²) >= 11 is 3.51. The first-order valence-electron chi connectivity index (χ1n) is 5.83. The van der Waals surface area contributed by atoms with Gasteiger partial charge >= 0.3 is 0 Å². The molecule has 0 spiro atoms. The molecule has 0 aliphatic rings. The smallest absolute Gasteiger partial charge is 0.106 e. The van der Waals surface area contributed by atoms with Gasteiger partial charge in [0.15, 0.2) is 0 Å². The van der Waals surface area contributed by atoms with Gasteiger partial charge in [-0.2, -0.15) is 5.10 Å². The average Bonchev–Trinajstić information content (AvgIpc) is 2.73. The monoisotopic (exact) mass is 312 g/mol. The summed E-state index contributed by atoms with van der Waals surface area (Å²) in [5.74, 6) is 1.59. The van der Waals surface area contributed by atoms with Gasteiger partial charge in [0.25, 0.3) is 0 Å². The maximum atomic E-state index is 10.3. The van der Waals surface area contributed by atoms with E-state index in [1.165, 1.54) is 0 Å². The SMILES string of the molecule is Cc1cc(C(O)Cc2c(Br)c(C)nn2C)c(C)o1. The van der Waals surface area contributed by atoms with E-state index in [4.69, 9.17) is 4.42 Å². The number of hydrogen-bond donors (Lipinski definition) is 1. The van der Waals surface area contributed by atoms with Gasteiger partial charge in [0.1, 0.15) is 11.5 Å². The maximum absolute atomic E-state index is 10.3. The van der Waals surface area contributed by atoms with Gasteiger partial charge in [-0.15, -0.1) is 0 Å². The minimum atomic E-state index is -0.575. The first-order chi connectivity index (χ1) is 8.40. The standard InChI is InChI=1S/C13H17BrN2O2/c1-7-5-10(9(3)18-7)12(17)6-11-13(14)8(2)15-16(11)4/h5,12,17H,6H2,1-4H3. The number of hydrogen-bond acceptors (Lipinski definition) is 3. The lowest BCUT2D eigenvalue weighted by atomic mass is 10.1. The normalized spacial score (nSPS) is 13.0. The molecule has 0 radical (unpaired) electrons. The van der Waals surface area contributed by atoms with Crippen LogP contribution in [0.3, 0.4) is 0 Å². The zero-order valence-corrected chi connectivity index (χ0v) is 12.6. The summed E-state index contributed by atoms with van der Waals surface area (Å²) in [5, 5.41) is 14.6. The van der Waals surface area contributed by atoms with Gasteiger partial charge in [0.2, 0.25) is 0 Å². The van der Waals surface area contributed by atoms with Gasteiger partial charge in [-0.05, 0) is 42.8 Å². The zero-order valence-electron chi connectivity index (χ0n) is 11.0. The van der Waals surface area contributed by atoms with Gasteiger partial charge in [-0.3, -0.25) is 4.68 Å². The fourth-order valence-electron chi connectivity index (χ4n) is 2.18. The fourth-order valence-corrected chi connectivity index (χ4v) is 2.67. The van der Waals surface area contributed by atoms with Crippen LogP contribution in [-0.2, 0) is 13.5 Å². The number of halogens is 1. The first-order valence-corrected chi connectivity index (χ1v) is 6.62. The highest BCUT2D eigenvalue weighted by atomic mass is 79.9. The molecule has 0 fully saturated rings. The number of nitrogens with zero attached hydrogens (tertiary/aromatic N) is 2. The van der Waals surface area contributed by atoms with Crippen LogP contribution in [0.5, 0.6) is 0 Å². The fraction of sp³-hybridized carbons (Fsp3) is 0.462. The molecule has 18 heavy (non-hydrogen) atoms. The summed E-state index contributed by atoms with van der Waals surface area (Å²) in [6.07, 6.45) is -0.0638. The Hall–Kier alpha value is -1.07. The molecule has 98 valence electrons. The summed E-state index contributed by atoms with van der Waals surface area (Å²) in [4.78, 5) is 0. The molecule has 2 aromatic rings. The lowest BCUT2D eigenvalue weighted by molar-refractivity contribution is 0.173. The molecule has 0 aliphatic heterocycles. The van der Waals surface area contributed by atoms with E-state index in [1.54, 1.807) is 4.68 Å². The van der Waals surface area contributed by atoms with Crippen LogP contribution < -0.4 is 0 Å². The Morgan fingerprint density at radius 2 is 2.11 bits per heavy atom. The summed E-state index contributed by atoms with van der Waals surface area (Å²) in [5.41, 5.74) is 2.76. The number of aromatic nitrogens is 2. The van der Waals surface area contributed by atoms with Crippen molar-refractivity contribution in [2.45, 2.75) is 33.3 Å². The maximum Gasteiger partial charge on any atom is 0.106 e. The highest BCUT2D eigenvalue weighted by molar-refractivity contribution is 9.10. The Morgan fingerprint density at radius 1 is 1.44 bits per heavy atom. The van der Waals surface area contributed by atoms with Crippen LogP contribution in [0.25, 0.3) is 0 Å². The lowest BCUT2D eigenvalue weighted by Crippen LogP contribution is -2.07. The number of aliphatic hydroxyl groups is 1. The molecule has 1 N–H and O–H groups in total. The topological polar surface area (TPSA) is 51.2 Å². The van der Waals surface area contributed by atoms with Crippen molar-refractivity contribution in [1.29, 1.82) is 0 Å². The lowest BCUT2D eigenvalue weighted by Gasteiger charge is -2.10. The van der Waals surface area contributed by atoms with Crippen molar-refractivity contribution in [1.82, 2.24) is 9.78 Å². The Kier molecular flexibility index (Phi) is 3.64. The molecule has 4 nitrogen and oxygen atoms in total. The van der Waals surface area contributed by atoms with Gasteiger partial charge in [0.05, 0.1) is 22.0 Å². The number of furan rings is 1. The highest BCUT2D eigenvalue weighted by Crippen LogP contribution is 2.28. The van der Waals surface area contributed by atoms with Crippen molar-refractivity contribution < 1.29 is 9.52 Å². The summed E-state index contributed by atoms with van der Waals surface area (Å²) in [6, 6.07) is 1.89. The van der Waals surface area contributed by atoms with E-state index < -0.39 is 6.10 Å². The Balaban J connectivity index is 2.26. The van der Waals surface area contributed by atoms with Crippen molar-refractivity contribution in [2.24, 2.45) is 7.05 Å². The molecule has 1 unspecified atom stereocenters. The Morgan fingerprint density at radius 3 is 2.56 bits per heavy atom. The Bertz CT molecular complexity index is 572. The molecular formula is C13H17BrN2O2. The molecule has 0 bridgehead atoms. The molecule has 0 saturated heterocycles. The van der Waals surface area contributed by atoms with Crippen molar-refractivity contribution in [3.63, 3.8) is 0 Å². The van der Waals surface area contributed by atoms with Crippen LogP contribution in [0.15, 0.2) is 15.0 Å². The molecule has 0 amide bonds. The van der Waals surface area contributed by atoms with Crippen molar-refractivity contribution in [3.8, 4) is 0 Å². The van der Waals surface area contributed by atoms with E-state index in [9.17, 15) is 5.11 Å². The second kappa shape index (κ2) is 4.90. The second-order valence-electron chi connectivity index (χ2n) is 4.56. The predicted octanol–water partition coefficient (Wildman–Crippen LogP) is 2.98. The Labute approximate surface area is 115 Å².